The minimum Gasteiger partial charge on any atom is -0.332 e. The second kappa shape index (κ2) is 5.17. The van der Waals surface area contributed by atoms with Crippen LogP contribution in [-0.2, 0) is 0 Å². The van der Waals surface area contributed by atoms with Gasteiger partial charge in [0.05, 0.1) is 6.20 Å². The fourth-order valence-corrected chi connectivity index (χ4v) is 3.63. The first-order valence-electron chi connectivity index (χ1n) is 6.82. The Labute approximate surface area is 117 Å². The lowest BCUT2D eigenvalue weighted by Gasteiger charge is -2.49. The highest BCUT2D eigenvalue weighted by atomic mass is 32.2. The number of nitrogens with zero attached hydrogens (tertiary/aromatic N) is 3. The summed E-state index contributed by atoms with van der Waals surface area (Å²) in [6.45, 7) is 4.57. The van der Waals surface area contributed by atoms with Gasteiger partial charge in [-0.3, -0.25) is 4.90 Å². The molecule has 0 radical (unpaired) electrons. The van der Waals surface area contributed by atoms with Crippen LogP contribution in [0.15, 0.2) is 17.3 Å². The topological polar surface area (TPSA) is 50.2 Å². The van der Waals surface area contributed by atoms with Crippen LogP contribution in [0.5, 0.6) is 0 Å². The average molecular weight is 280 g/mol. The van der Waals surface area contributed by atoms with Gasteiger partial charge in [-0.05, 0) is 45.0 Å². The molecule has 0 aliphatic carbocycles. The molecule has 0 unspecified atom stereocenters. The molecule has 4 rings (SSSR count). The molecule has 4 heterocycles. The number of amides is 1. The normalized spacial score (nSPS) is 33.4. The molecular weight excluding hydrogens is 260 g/mol. The first kappa shape index (κ1) is 13.0. The third-order valence-electron chi connectivity index (χ3n) is 4.47. The highest BCUT2D eigenvalue weighted by Crippen LogP contribution is 2.32. The summed E-state index contributed by atoms with van der Waals surface area (Å²) >= 11 is 1.59. The van der Waals surface area contributed by atoms with Crippen molar-refractivity contribution in [2.75, 3.05) is 19.3 Å². The Morgan fingerprint density at radius 1 is 1.47 bits per heavy atom. The Bertz CT molecular complexity index is 465. The summed E-state index contributed by atoms with van der Waals surface area (Å²) in [5, 5.41) is 7.27. The van der Waals surface area contributed by atoms with Crippen molar-refractivity contribution < 1.29 is 4.79 Å². The number of fused-ring (bicyclic) bond motifs is 3. The van der Waals surface area contributed by atoms with Crippen molar-refractivity contribution in [2.24, 2.45) is 5.92 Å². The number of hydrogen-bond acceptors (Lipinski definition) is 4. The maximum absolute atomic E-state index is 12.2. The molecular formula is C13H20N4OS. The molecule has 6 heteroatoms. The van der Waals surface area contributed by atoms with Crippen molar-refractivity contribution in [2.45, 2.75) is 36.7 Å². The summed E-state index contributed by atoms with van der Waals surface area (Å²) in [5.41, 5.74) is 0. The van der Waals surface area contributed by atoms with Crippen LogP contribution in [0, 0.1) is 5.92 Å². The first-order chi connectivity index (χ1) is 9.19. The number of rotatable bonds is 2. The largest absolute Gasteiger partial charge is 0.342 e. The predicted molar refractivity (Wildman–Crippen MR) is 75.5 cm³/mol. The smallest absolute Gasteiger partial charge is 0.332 e. The zero-order valence-electron chi connectivity index (χ0n) is 11.4. The van der Waals surface area contributed by atoms with Crippen LogP contribution < -0.4 is 5.32 Å². The molecule has 2 atom stereocenters. The Balaban J connectivity index is 1.69. The van der Waals surface area contributed by atoms with Gasteiger partial charge >= 0.3 is 6.03 Å². The Morgan fingerprint density at radius 3 is 2.79 bits per heavy atom. The summed E-state index contributed by atoms with van der Waals surface area (Å²) in [6, 6.07) is 0.592. The number of nitrogens with one attached hydrogen (secondary N) is 1. The van der Waals surface area contributed by atoms with Crippen molar-refractivity contribution in [3.63, 3.8) is 0 Å². The second-order valence-electron chi connectivity index (χ2n) is 5.41. The fourth-order valence-electron chi connectivity index (χ4n) is 3.28. The van der Waals surface area contributed by atoms with E-state index >= 15 is 0 Å². The zero-order chi connectivity index (χ0) is 13.4. The van der Waals surface area contributed by atoms with Crippen molar-refractivity contribution in [1.82, 2.24) is 20.0 Å². The van der Waals surface area contributed by atoms with Gasteiger partial charge in [-0.25, -0.2) is 4.79 Å². The molecule has 0 spiro atoms. The van der Waals surface area contributed by atoms with E-state index in [4.69, 9.17) is 0 Å². The van der Waals surface area contributed by atoms with E-state index in [-0.39, 0.29) is 12.1 Å². The van der Waals surface area contributed by atoms with E-state index in [0.717, 1.165) is 4.90 Å². The van der Waals surface area contributed by atoms with Crippen molar-refractivity contribution in [1.29, 1.82) is 0 Å². The number of carbonyl (C=O) groups is 1. The van der Waals surface area contributed by atoms with Crippen LogP contribution in [0.1, 0.15) is 19.8 Å². The molecule has 1 aromatic heterocycles. The lowest BCUT2D eigenvalue weighted by molar-refractivity contribution is 0.0266. The van der Waals surface area contributed by atoms with Crippen molar-refractivity contribution in [3.8, 4) is 0 Å². The number of carbonyl (C=O) groups excluding carboxylic acids is 1. The van der Waals surface area contributed by atoms with E-state index in [2.05, 4.69) is 22.2 Å². The molecule has 19 heavy (non-hydrogen) atoms. The Hall–Kier alpha value is -1.01. The van der Waals surface area contributed by atoms with Crippen LogP contribution in [0.25, 0.3) is 0 Å². The highest BCUT2D eigenvalue weighted by molar-refractivity contribution is 7.98. The highest BCUT2D eigenvalue weighted by Gasteiger charge is 2.40. The molecule has 3 aliphatic heterocycles. The zero-order valence-corrected chi connectivity index (χ0v) is 12.2. The summed E-state index contributed by atoms with van der Waals surface area (Å²) in [7, 11) is 0. The van der Waals surface area contributed by atoms with E-state index in [1.807, 2.05) is 6.26 Å². The number of aromatic nitrogens is 2. The lowest BCUT2D eigenvalue weighted by atomic mass is 9.79. The van der Waals surface area contributed by atoms with E-state index in [0.29, 0.717) is 12.0 Å². The molecule has 5 nitrogen and oxygen atoms in total. The number of piperidine rings is 3. The molecule has 104 valence electrons. The van der Waals surface area contributed by atoms with Gasteiger partial charge in [-0.2, -0.15) is 9.78 Å². The molecule has 0 saturated carbocycles. The molecule has 2 bridgehead atoms. The quantitative estimate of drug-likeness (QED) is 0.837. The maximum atomic E-state index is 12.2. The molecule has 3 aliphatic rings. The summed E-state index contributed by atoms with van der Waals surface area (Å²) in [4.78, 5) is 15.7. The third-order valence-corrected chi connectivity index (χ3v) is 5.15. The number of thioether (sulfide) groups is 1. The van der Waals surface area contributed by atoms with E-state index in [1.54, 1.807) is 24.2 Å². The lowest BCUT2D eigenvalue weighted by Crippen LogP contribution is -2.62. The van der Waals surface area contributed by atoms with Crippen LogP contribution >= 0.6 is 11.8 Å². The Morgan fingerprint density at radius 2 is 2.21 bits per heavy atom. The molecule has 0 aromatic carbocycles. The monoisotopic (exact) mass is 280 g/mol. The van der Waals surface area contributed by atoms with E-state index in [1.165, 1.54) is 30.6 Å². The SMILES string of the molecule is CSc1cnn(C(=O)N[C@@H]2C3CCN(CC3)[C@H]2C)c1. The maximum Gasteiger partial charge on any atom is 0.342 e. The van der Waals surface area contributed by atoms with Gasteiger partial charge in [0.15, 0.2) is 0 Å². The molecule has 1 N–H and O–H groups in total. The van der Waals surface area contributed by atoms with Gasteiger partial charge in [0.1, 0.15) is 0 Å². The standard InChI is InChI=1S/C13H20N4OS/c1-9-12(10-3-5-16(9)6-4-10)15-13(18)17-8-11(19-2)7-14-17/h7-10,12H,3-6H2,1-2H3,(H,15,18)/t9-,12-/m0/s1. The van der Waals surface area contributed by atoms with Crippen LogP contribution in [0.2, 0.25) is 0 Å². The molecule has 3 saturated heterocycles. The first-order valence-corrected chi connectivity index (χ1v) is 8.05. The van der Waals surface area contributed by atoms with Crippen molar-refractivity contribution in [3.05, 3.63) is 12.4 Å². The Kier molecular flexibility index (Phi) is 3.54. The molecule has 3 fully saturated rings. The summed E-state index contributed by atoms with van der Waals surface area (Å²) in [5.74, 6) is 0.625. The second-order valence-corrected chi connectivity index (χ2v) is 6.29. The van der Waals surface area contributed by atoms with E-state index < -0.39 is 0 Å². The van der Waals surface area contributed by atoms with Crippen LogP contribution in [0.3, 0.4) is 0 Å². The van der Waals surface area contributed by atoms with Gasteiger partial charge in [0.25, 0.3) is 0 Å². The minimum atomic E-state index is -0.106. The van der Waals surface area contributed by atoms with Crippen molar-refractivity contribution >= 4 is 17.8 Å². The summed E-state index contributed by atoms with van der Waals surface area (Å²) in [6.07, 6.45) is 7.89. The van der Waals surface area contributed by atoms with E-state index in [9.17, 15) is 4.79 Å². The van der Waals surface area contributed by atoms with Gasteiger partial charge in [0, 0.05) is 23.2 Å². The molecule has 1 aromatic rings. The summed E-state index contributed by atoms with van der Waals surface area (Å²) < 4.78 is 1.41. The van der Waals surface area contributed by atoms with Gasteiger partial charge < -0.3 is 5.32 Å². The number of hydrogen-bond donors (Lipinski definition) is 1. The van der Waals surface area contributed by atoms with Gasteiger partial charge in [-0.15, -0.1) is 11.8 Å². The van der Waals surface area contributed by atoms with Crippen LogP contribution in [0.4, 0.5) is 4.79 Å². The third kappa shape index (κ3) is 2.39. The predicted octanol–water partition coefficient (Wildman–Crippen LogP) is 1.65. The van der Waals surface area contributed by atoms with Gasteiger partial charge in [0.2, 0.25) is 0 Å². The molecule has 1 amide bonds. The fraction of sp³-hybridized carbons (Fsp3) is 0.692. The minimum absolute atomic E-state index is 0.106. The average Bonchev–Trinajstić information content (AvgIpc) is 2.92. The van der Waals surface area contributed by atoms with Gasteiger partial charge in [-0.1, -0.05) is 0 Å². The van der Waals surface area contributed by atoms with Crippen LogP contribution in [-0.4, -0.2) is 52.1 Å².